The highest BCUT2D eigenvalue weighted by Crippen LogP contribution is 2.40. The topological polar surface area (TPSA) is 33.1 Å². The van der Waals surface area contributed by atoms with E-state index in [1.54, 1.807) is 0 Å². The molecule has 1 N–H and O–H groups in total. The van der Waals surface area contributed by atoms with Crippen LogP contribution < -0.4 is 5.32 Å². The number of nitrogens with one attached hydrogen (secondary N) is 1. The average Bonchev–Trinajstić information content (AvgIpc) is 3.28. The number of rotatable bonds is 3. The third-order valence-corrected chi connectivity index (χ3v) is 4.86. The van der Waals surface area contributed by atoms with E-state index in [-0.39, 0.29) is 0 Å². The molecule has 4 heteroatoms. The zero-order chi connectivity index (χ0) is 14.4. The Balaban J connectivity index is 1.77. The van der Waals surface area contributed by atoms with Crippen molar-refractivity contribution in [2.45, 2.75) is 38.8 Å². The standard InChI is InChI=1S/C17H24N4/c1-12-3-6-16-15(11-12)19-17(21(16)14-4-5-14)13(2)20-9-7-18-8-10-20/h3,6,11,13-14,18H,4-5,7-10H2,1-2H3. The molecule has 1 saturated carbocycles. The van der Waals surface area contributed by atoms with Gasteiger partial charge in [0.15, 0.2) is 0 Å². The van der Waals surface area contributed by atoms with Crippen molar-refractivity contribution in [1.29, 1.82) is 0 Å². The third kappa shape index (κ3) is 2.36. The summed E-state index contributed by atoms with van der Waals surface area (Å²) in [7, 11) is 0. The van der Waals surface area contributed by atoms with Gasteiger partial charge in [-0.15, -0.1) is 0 Å². The molecule has 4 nitrogen and oxygen atoms in total. The molecule has 0 spiro atoms. The van der Waals surface area contributed by atoms with Crippen LogP contribution in [0.25, 0.3) is 11.0 Å². The number of fused-ring (bicyclic) bond motifs is 1. The molecule has 4 rings (SSSR count). The van der Waals surface area contributed by atoms with Crippen molar-refractivity contribution in [3.05, 3.63) is 29.6 Å². The van der Waals surface area contributed by atoms with Gasteiger partial charge in [0.25, 0.3) is 0 Å². The van der Waals surface area contributed by atoms with Crippen LogP contribution in [0.15, 0.2) is 18.2 Å². The van der Waals surface area contributed by atoms with Crippen molar-refractivity contribution in [3.8, 4) is 0 Å². The van der Waals surface area contributed by atoms with E-state index in [0.29, 0.717) is 12.1 Å². The van der Waals surface area contributed by atoms with Crippen LogP contribution in [0.5, 0.6) is 0 Å². The molecule has 2 aromatic rings. The Morgan fingerprint density at radius 2 is 2.00 bits per heavy atom. The normalized spacial score (nSPS) is 21.8. The van der Waals surface area contributed by atoms with E-state index in [1.807, 2.05) is 0 Å². The van der Waals surface area contributed by atoms with Crippen LogP contribution in [0.2, 0.25) is 0 Å². The number of benzene rings is 1. The fraction of sp³-hybridized carbons (Fsp3) is 0.588. The third-order valence-electron chi connectivity index (χ3n) is 4.86. The number of nitrogens with zero attached hydrogens (tertiary/aromatic N) is 3. The van der Waals surface area contributed by atoms with Gasteiger partial charge in [0, 0.05) is 32.2 Å². The summed E-state index contributed by atoms with van der Waals surface area (Å²) in [5.41, 5.74) is 3.78. The van der Waals surface area contributed by atoms with Gasteiger partial charge in [0.1, 0.15) is 5.82 Å². The van der Waals surface area contributed by atoms with Gasteiger partial charge in [-0.05, 0) is 44.4 Å². The molecule has 21 heavy (non-hydrogen) atoms. The van der Waals surface area contributed by atoms with E-state index in [2.05, 4.69) is 46.8 Å². The van der Waals surface area contributed by atoms with Crippen LogP contribution >= 0.6 is 0 Å². The Bertz CT molecular complexity index is 650. The number of aryl methyl sites for hydroxylation is 1. The molecular formula is C17H24N4. The molecule has 1 atom stereocenters. The summed E-state index contributed by atoms with van der Waals surface area (Å²) in [5.74, 6) is 1.26. The van der Waals surface area contributed by atoms with Gasteiger partial charge in [-0.2, -0.15) is 0 Å². The van der Waals surface area contributed by atoms with E-state index >= 15 is 0 Å². The number of imidazole rings is 1. The molecule has 2 fully saturated rings. The summed E-state index contributed by atoms with van der Waals surface area (Å²) >= 11 is 0. The molecule has 112 valence electrons. The molecule has 0 amide bonds. The first kappa shape index (κ1) is 13.3. The lowest BCUT2D eigenvalue weighted by atomic mass is 10.2. The maximum Gasteiger partial charge on any atom is 0.127 e. The Kier molecular flexibility index (Phi) is 3.23. The van der Waals surface area contributed by atoms with Gasteiger partial charge < -0.3 is 9.88 Å². The van der Waals surface area contributed by atoms with E-state index in [4.69, 9.17) is 4.98 Å². The molecule has 1 saturated heterocycles. The zero-order valence-corrected chi connectivity index (χ0v) is 13.0. The quantitative estimate of drug-likeness (QED) is 0.940. The van der Waals surface area contributed by atoms with Crippen molar-refractivity contribution in [2.75, 3.05) is 26.2 Å². The minimum atomic E-state index is 0.403. The minimum absolute atomic E-state index is 0.403. The number of aromatic nitrogens is 2. The van der Waals surface area contributed by atoms with Gasteiger partial charge in [-0.3, -0.25) is 4.90 Å². The monoisotopic (exact) mass is 284 g/mol. The summed E-state index contributed by atoms with van der Waals surface area (Å²) < 4.78 is 2.52. The largest absolute Gasteiger partial charge is 0.324 e. The Morgan fingerprint density at radius 3 is 2.71 bits per heavy atom. The first-order valence-electron chi connectivity index (χ1n) is 8.17. The number of hydrogen-bond donors (Lipinski definition) is 1. The van der Waals surface area contributed by atoms with Crippen LogP contribution in [0.3, 0.4) is 0 Å². The van der Waals surface area contributed by atoms with Crippen molar-refractivity contribution in [2.24, 2.45) is 0 Å². The highest BCUT2D eigenvalue weighted by Gasteiger charge is 2.31. The van der Waals surface area contributed by atoms with Crippen LogP contribution in [0, 0.1) is 6.92 Å². The number of hydrogen-bond acceptors (Lipinski definition) is 3. The molecule has 2 heterocycles. The molecule has 1 aromatic carbocycles. The fourth-order valence-corrected chi connectivity index (χ4v) is 3.47. The molecule has 1 aromatic heterocycles. The second-order valence-corrected chi connectivity index (χ2v) is 6.53. The lowest BCUT2D eigenvalue weighted by Crippen LogP contribution is -2.45. The molecule has 1 aliphatic heterocycles. The minimum Gasteiger partial charge on any atom is -0.324 e. The lowest BCUT2D eigenvalue weighted by Gasteiger charge is -2.32. The van der Waals surface area contributed by atoms with Crippen LogP contribution in [-0.4, -0.2) is 40.6 Å². The zero-order valence-electron chi connectivity index (χ0n) is 13.0. The van der Waals surface area contributed by atoms with Crippen LogP contribution in [-0.2, 0) is 0 Å². The first-order valence-corrected chi connectivity index (χ1v) is 8.17. The lowest BCUT2D eigenvalue weighted by molar-refractivity contribution is 0.176. The van der Waals surface area contributed by atoms with Gasteiger partial charge in [-0.1, -0.05) is 6.07 Å². The van der Waals surface area contributed by atoms with Crippen molar-refractivity contribution >= 4 is 11.0 Å². The highest BCUT2D eigenvalue weighted by atomic mass is 15.3. The van der Waals surface area contributed by atoms with Crippen molar-refractivity contribution in [1.82, 2.24) is 19.8 Å². The van der Waals surface area contributed by atoms with Gasteiger partial charge >= 0.3 is 0 Å². The van der Waals surface area contributed by atoms with E-state index in [1.165, 1.54) is 35.3 Å². The first-order chi connectivity index (χ1) is 10.2. The molecular weight excluding hydrogens is 260 g/mol. The fourth-order valence-electron chi connectivity index (χ4n) is 3.47. The smallest absolute Gasteiger partial charge is 0.127 e. The molecule has 1 aliphatic carbocycles. The Morgan fingerprint density at radius 1 is 1.24 bits per heavy atom. The predicted octanol–water partition coefficient (Wildman–Crippen LogP) is 2.65. The van der Waals surface area contributed by atoms with Crippen LogP contribution in [0.1, 0.15) is 43.2 Å². The van der Waals surface area contributed by atoms with Gasteiger partial charge in [0.05, 0.1) is 17.1 Å². The van der Waals surface area contributed by atoms with Gasteiger partial charge in [-0.25, -0.2) is 4.98 Å². The summed E-state index contributed by atoms with van der Waals surface area (Å²) in [4.78, 5) is 7.57. The van der Waals surface area contributed by atoms with E-state index < -0.39 is 0 Å². The van der Waals surface area contributed by atoms with Crippen molar-refractivity contribution in [3.63, 3.8) is 0 Å². The maximum atomic E-state index is 5.01. The summed E-state index contributed by atoms with van der Waals surface area (Å²) in [5, 5.41) is 3.44. The highest BCUT2D eigenvalue weighted by molar-refractivity contribution is 5.77. The Hall–Kier alpha value is -1.39. The molecule has 0 radical (unpaired) electrons. The number of piperazine rings is 1. The average molecular weight is 284 g/mol. The van der Waals surface area contributed by atoms with E-state index in [0.717, 1.165) is 26.2 Å². The second-order valence-electron chi connectivity index (χ2n) is 6.53. The molecule has 0 bridgehead atoms. The Labute approximate surface area is 126 Å². The summed E-state index contributed by atoms with van der Waals surface area (Å²) in [6, 6.07) is 7.77. The molecule has 2 aliphatic rings. The predicted molar refractivity (Wildman–Crippen MR) is 85.6 cm³/mol. The second kappa shape index (κ2) is 5.11. The summed E-state index contributed by atoms with van der Waals surface area (Å²) in [6.45, 7) is 8.88. The van der Waals surface area contributed by atoms with Gasteiger partial charge in [0.2, 0.25) is 0 Å². The van der Waals surface area contributed by atoms with E-state index in [9.17, 15) is 0 Å². The van der Waals surface area contributed by atoms with Crippen LogP contribution in [0.4, 0.5) is 0 Å². The SMILES string of the molecule is Cc1ccc2c(c1)nc(C(C)N1CCNCC1)n2C1CC1. The summed E-state index contributed by atoms with van der Waals surface area (Å²) in [6.07, 6.45) is 2.61. The molecule has 1 unspecified atom stereocenters. The maximum absolute atomic E-state index is 5.01. The van der Waals surface area contributed by atoms with Crippen molar-refractivity contribution < 1.29 is 0 Å².